The van der Waals surface area contributed by atoms with E-state index in [1.807, 2.05) is 30.0 Å². The molecule has 9 nitrogen and oxygen atoms in total. The summed E-state index contributed by atoms with van der Waals surface area (Å²) in [6.07, 6.45) is 6.47. The van der Waals surface area contributed by atoms with Crippen LogP contribution < -0.4 is 19.7 Å². The zero-order valence-electron chi connectivity index (χ0n) is 21.8. The van der Waals surface area contributed by atoms with Crippen LogP contribution in [-0.2, 0) is 4.79 Å². The molecule has 0 unspecified atom stereocenters. The van der Waals surface area contributed by atoms with E-state index >= 15 is 0 Å². The van der Waals surface area contributed by atoms with E-state index in [2.05, 4.69) is 6.07 Å². The van der Waals surface area contributed by atoms with Crippen LogP contribution in [0.5, 0.6) is 0 Å². The van der Waals surface area contributed by atoms with Gasteiger partial charge < -0.3 is 9.80 Å². The van der Waals surface area contributed by atoms with Gasteiger partial charge in [0.1, 0.15) is 16.4 Å². The van der Waals surface area contributed by atoms with E-state index in [4.69, 9.17) is 0 Å². The van der Waals surface area contributed by atoms with Crippen LogP contribution >= 0.6 is 11.3 Å². The Morgan fingerprint density at radius 3 is 2.44 bits per heavy atom. The number of nitro groups is 1. The van der Waals surface area contributed by atoms with Crippen molar-refractivity contribution in [3.63, 3.8) is 0 Å². The van der Waals surface area contributed by atoms with Crippen LogP contribution in [0.4, 0.5) is 11.4 Å². The van der Waals surface area contributed by atoms with Gasteiger partial charge >= 0.3 is 0 Å². The molecule has 10 heteroatoms. The van der Waals surface area contributed by atoms with Crippen LogP contribution in [0.1, 0.15) is 43.2 Å². The normalized spacial score (nSPS) is 16.8. The number of hydrogen-bond donors (Lipinski definition) is 0. The highest BCUT2D eigenvalue weighted by atomic mass is 32.1. The predicted molar refractivity (Wildman–Crippen MR) is 151 cm³/mol. The topological polar surface area (TPSA) is 112 Å². The molecule has 0 atom stereocenters. The van der Waals surface area contributed by atoms with E-state index in [0.29, 0.717) is 30.0 Å². The average Bonchev–Trinajstić information content (AvgIpc) is 3.58. The summed E-state index contributed by atoms with van der Waals surface area (Å²) in [5, 5.41) is 22.0. The second-order valence-electron chi connectivity index (χ2n) is 9.93. The van der Waals surface area contributed by atoms with Crippen LogP contribution in [0.3, 0.4) is 0 Å². The van der Waals surface area contributed by atoms with Crippen molar-refractivity contribution in [2.24, 2.45) is 0 Å². The molecule has 2 aromatic carbocycles. The number of aryl methyl sites for hydroxylation is 1. The van der Waals surface area contributed by atoms with Gasteiger partial charge in [-0.3, -0.25) is 24.3 Å². The Labute approximate surface area is 229 Å². The Bertz CT molecular complexity index is 1650. The Morgan fingerprint density at radius 1 is 1.05 bits per heavy atom. The molecular formula is C29H29N5O4S. The standard InChI is InChI=1S/C29H29N5O4S/c1-20-8-7-9-22(16-20)33-28(36)26(39-29(33)23(19-30)27(35)32-14-5-6-15-32)18-21-10-11-24(25(17-21)34(37)38)31-12-3-2-4-13-31/h7-11,16-18H,2-6,12-15H2,1H3/b26-18-,29-23-. The van der Waals surface area contributed by atoms with Crippen LogP contribution in [0, 0.1) is 28.4 Å². The highest BCUT2D eigenvalue weighted by Crippen LogP contribution is 2.31. The summed E-state index contributed by atoms with van der Waals surface area (Å²) in [6.45, 7) is 4.61. The maximum Gasteiger partial charge on any atom is 0.293 e. The van der Waals surface area contributed by atoms with Crippen molar-refractivity contribution in [1.82, 2.24) is 9.47 Å². The summed E-state index contributed by atoms with van der Waals surface area (Å²) in [5.74, 6) is -0.384. The molecule has 0 spiro atoms. The summed E-state index contributed by atoms with van der Waals surface area (Å²) in [4.78, 5) is 42.3. The zero-order valence-corrected chi connectivity index (χ0v) is 22.6. The number of thiazole rings is 1. The second-order valence-corrected chi connectivity index (χ2v) is 11.0. The third-order valence-electron chi connectivity index (χ3n) is 7.21. The van der Waals surface area contributed by atoms with E-state index in [0.717, 1.165) is 62.1 Å². The number of piperidine rings is 1. The van der Waals surface area contributed by atoms with Gasteiger partial charge in [-0.25, -0.2) is 0 Å². The number of nitriles is 1. The van der Waals surface area contributed by atoms with Crippen LogP contribution in [0.15, 0.2) is 47.3 Å². The molecule has 0 radical (unpaired) electrons. The highest BCUT2D eigenvalue weighted by molar-refractivity contribution is 7.07. The van der Waals surface area contributed by atoms with Crippen LogP contribution in [-0.4, -0.2) is 46.5 Å². The molecule has 2 fully saturated rings. The minimum atomic E-state index is -0.386. The van der Waals surface area contributed by atoms with E-state index in [9.17, 15) is 25.0 Å². The fourth-order valence-electron chi connectivity index (χ4n) is 5.25. The average molecular weight is 544 g/mol. The first-order chi connectivity index (χ1) is 18.9. The number of amides is 1. The first kappa shape index (κ1) is 26.4. The lowest BCUT2D eigenvalue weighted by molar-refractivity contribution is -0.384. The van der Waals surface area contributed by atoms with Gasteiger partial charge in [-0.05, 0) is 74.4 Å². The van der Waals surface area contributed by atoms with E-state index < -0.39 is 0 Å². The largest absolute Gasteiger partial charge is 0.366 e. The number of carbonyl (C=O) groups excluding carboxylic acids is 1. The number of nitrogens with zero attached hydrogens (tertiary/aromatic N) is 5. The molecule has 1 amide bonds. The summed E-state index contributed by atoms with van der Waals surface area (Å²) in [6, 6.07) is 14.4. The molecule has 3 aromatic rings. The van der Waals surface area contributed by atoms with Crippen molar-refractivity contribution >= 4 is 40.3 Å². The summed E-state index contributed by atoms with van der Waals surface area (Å²) < 4.78 is 1.95. The van der Waals surface area contributed by atoms with Gasteiger partial charge in [0.05, 0.1) is 15.1 Å². The molecule has 2 aliphatic rings. The highest BCUT2D eigenvalue weighted by Gasteiger charge is 2.25. The van der Waals surface area contributed by atoms with Crippen LogP contribution in [0.2, 0.25) is 0 Å². The monoisotopic (exact) mass is 543 g/mol. The first-order valence-corrected chi connectivity index (χ1v) is 14.0. The third kappa shape index (κ3) is 5.36. The molecule has 5 rings (SSSR count). The van der Waals surface area contributed by atoms with Gasteiger partial charge in [0.2, 0.25) is 0 Å². The van der Waals surface area contributed by atoms with Gasteiger partial charge in [0.15, 0.2) is 5.57 Å². The number of benzene rings is 2. The molecule has 3 heterocycles. The minimum absolute atomic E-state index is 0.00470. The van der Waals surface area contributed by atoms with E-state index in [1.54, 1.807) is 29.2 Å². The lowest BCUT2D eigenvalue weighted by Gasteiger charge is -2.28. The van der Waals surface area contributed by atoms with Gasteiger partial charge in [0, 0.05) is 32.2 Å². The van der Waals surface area contributed by atoms with E-state index in [-0.39, 0.29) is 36.8 Å². The van der Waals surface area contributed by atoms with Crippen molar-refractivity contribution in [2.75, 3.05) is 31.1 Å². The quantitative estimate of drug-likeness (QED) is 0.361. The molecule has 39 heavy (non-hydrogen) atoms. The molecule has 0 aliphatic carbocycles. The van der Waals surface area contributed by atoms with Gasteiger partial charge in [0.25, 0.3) is 17.2 Å². The fourth-order valence-corrected chi connectivity index (χ4v) is 6.34. The number of nitro benzene ring substituents is 1. The molecule has 0 N–H and O–H groups in total. The van der Waals surface area contributed by atoms with Gasteiger partial charge in [-0.15, -0.1) is 11.3 Å². The lowest BCUT2D eigenvalue weighted by Crippen LogP contribution is -2.35. The van der Waals surface area contributed by atoms with Gasteiger partial charge in [-0.2, -0.15) is 5.26 Å². The number of aromatic nitrogens is 1. The van der Waals surface area contributed by atoms with Crippen LogP contribution in [0.25, 0.3) is 17.3 Å². The van der Waals surface area contributed by atoms with Crippen molar-refractivity contribution in [1.29, 1.82) is 5.26 Å². The second kappa shape index (κ2) is 11.3. The fraction of sp³-hybridized carbons (Fsp3) is 0.345. The number of rotatable bonds is 5. The maximum absolute atomic E-state index is 13.8. The molecule has 0 saturated carbocycles. The van der Waals surface area contributed by atoms with Crippen molar-refractivity contribution in [3.05, 3.63) is 83.3 Å². The first-order valence-electron chi connectivity index (χ1n) is 13.1. The van der Waals surface area contributed by atoms with E-state index in [1.165, 1.54) is 10.6 Å². The Morgan fingerprint density at radius 2 is 1.77 bits per heavy atom. The summed E-state index contributed by atoms with van der Waals surface area (Å²) in [5.41, 5.74) is 2.10. The molecule has 1 aromatic heterocycles. The zero-order chi connectivity index (χ0) is 27.5. The maximum atomic E-state index is 13.8. The molecular weight excluding hydrogens is 514 g/mol. The number of anilines is 1. The Hall–Kier alpha value is -4.23. The van der Waals surface area contributed by atoms with Crippen molar-refractivity contribution < 1.29 is 9.72 Å². The molecule has 0 bridgehead atoms. The van der Waals surface area contributed by atoms with Crippen molar-refractivity contribution in [2.45, 2.75) is 39.0 Å². The molecule has 200 valence electrons. The summed E-state index contributed by atoms with van der Waals surface area (Å²) >= 11 is 1.06. The third-order valence-corrected chi connectivity index (χ3v) is 8.30. The number of carbonyl (C=O) groups is 1. The Balaban J connectivity index is 1.70. The predicted octanol–water partition coefficient (Wildman–Crippen LogP) is 3.23. The molecule has 2 saturated heterocycles. The van der Waals surface area contributed by atoms with Gasteiger partial charge in [-0.1, -0.05) is 18.2 Å². The smallest absolute Gasteiger partial charge is 0.293 e. The number of likely N-dealkylation sites (tertiary alicyclic amines) is 1. The van der Waals surface area contributed by atoms with Crippen molar-refractivity contribution in [3.8, 4) is 11.8 Å². The Kier molecular flexibility index (Phi) is 7.61. The lowest BCUT2D eigenvalue weighted by atomic mass is 10.1. The SMILES string of the molecule is Cc1cccc(-n2c(=O)/c(=C/c3ccc(N4CCCCC4)c([N+](=O)[O-])c3)s/c2=C(/C#N)C(=O)N2CCCC2)c1. The minimum Gasteiger partial charge on any atom is -0.366 e. The summed E-state index contributed by atoms with van der Waals surface area (Å²) in [7, 11) is 0. The molecule has 2 aliphatic heterocycles. The number of hydrogen-bond acceptors (Lipinski definition) is 7.